The van der Waals surface area contributed by atoms with E-state index in [0.717, 1.165) is 25.9 Å². The minimum absolute atomic E-state index is 0.238. The molecule has 0 radical (unpaired) electrons. The molecule has 1 fully saturated rings. The maximum absolute atomic E-state index is 11.8. The summed E-state index contributed by atoms with van der Waals surface area (Å²) in [6.45, 7) is 2.59. The summed E-state index contributed by atoms with van der Waals surface area (Å²) < 4.78 is 32.9. The Bertz CT molecular complexity index is 604. The number of ether oxygens (including phenoxy) is 1. The maximum atomic E-state index is 11.8. The number of hydrogen-bond acceptors (Lipinski definition) is 4. The van der Waals surface area contributed by atoms with E-state index < -0.39 is 10.0 Å². The van der Waals surface area contributed by atoms with Crippen LogP contribution in [-0.2, 0) is 14.8 Å². The fourth-order valence-corrected chi connectivity index (χ4v) is 3.61. The second-order valence-corrected chi connectivity index (χ2v) is 6.44. The number of hydrogen-bond donors (Lipinski definition) is 1. The molecule has 1 saturated heterocycles. The molecule has 0 aromatic heterocycles. The lowest BCUT2D eigenvalue weighted by Crippen LogP contribution is -2.12. The quantitative estimate of drug-likeness (QED) is 0.902. The van der Waals surface area contributed by atoms with Gasteiger partial charge in [0.1, 0.15) is 4.90 Å². The molecule has 1 unspecified atom stereocenters. The predicted octanol–water partition coefficient (Wildman–Crippen LogP) is 1.15. The zero-order valence-corrected chi connectivity index (χ0v) is 11.3. The minimum Gasteiger partial charge on any atom is -0.477 e. The molecule has 5 nitrogen and oxygen atoms in total. The first-order chi connectivity index (χ1) is 9.17. The molecule has 0 saturated carbocycles. The molecule has 6 heteroatoms. The molecule has 1 atom stereocenters. The lowest BCUT2D eigenvalue weighted by molar-refractivity contribution is 0.274. The van der Waals surface area contributed by atoms with Crippen LogP contribution in [-0.4, -0.2) is 34.0 Å². The predicted molar refractivity (Wildman–Crippen MR) is 71.7 cm³/mol. The fourth-order valence-electron chi connectivity index (χ4n) is 2.46. The summed E-state index contributed by atoms with van der Waals surface area (Å²) in [6, 6.07) is 6.78. The van der Waals surface area contributed by atoms with Gasteiger partial charge in [0.15, 0.2) is 0 Å². The zero-order chi connectivity index (χ0) is 13.3. The fraction of sp³-hybridized carbons (Fsp3) is 0.462. The van der Waals surface area contributed by atoms with E-state index in [1.165, 1.54) is 0 Å². The summed E-state index contributed by atoms with van der Waals surface area (Å²) in [5, 5.41) is 3.30. The van der Waals surface area contributed by atoms with Crippen molar-refractivity contribution in [2.24, 2.45) is 10.3 Å². The Morgan fingerprint density at radius 2 is 2.21 bits per heavy atom. The number of benzene rings is 1. The van der Waals surface area contributed by atoms with Crippen LogP contribution in [0, 0.1) is 5.92 Å². The van der Waals surface area contributed by atoms with Crippen molar-refractivity contribution in [3.8, 4) is 0 Å². The molecule has 102 valence electrons. The SMILES string of the molecule is O=S1(=O)N=C(OCCC2CCNC2)c2ccccc21. The summed E-state index contributed by atoms with van der Waals surface area (Å²) in [4.78, 5) is 0.243. The highest BCUT2D eigenvalue weighted by molar-refractivity contribution is 7.90. The highest BCUT2D eigenvalue weighted by Crippen LogP contribution is 2.26. The highest BCUT2D eigenvalue weighted by atomic mass is 32.2. The second-order valence-electron chi connectivity index (χ2n) is 4.86. The van der Waals surface area contributed by atoms with Gasteiger partial charge < -0.3 is 10.1 Å². The van der Waals surface area contributed by atoms with Crippen molar-refractivity contribution < 1.29 is 13.2 Å². The van der Waals surface area contributed by atoms with Crippen LogP contribution in [0.5, 0.6) is 0 Å². The van der Waals surface area contributed by atoms with Gasteiger partial charge in [0, 0.05) is 0 Å². The molecule has 19 heavy (non-hydrogen) atoms. The van der Waals surface area contributed by atoms with Crippen LogP contribution in [0.3, 0.4) is 0 Å². The Labute approximate surface area is 112 Å². The van der Waals surface area contributed by atoms with Crippen molar-refractivity contribution in [2.75, 3.05) is 19.7 Å². The monoisotopic (exact) mass is 280 g/mol. The van der Waals surface area contributed by atoms with Gasteiger partial charge in [0.25, 0.3) is 10.0 Å². The molecule has 0 spiro atoms. The van der Waals surface area contributed by atoms with Crippen molar-refractivity contribution >= 4 is 15.9 Å². The van der Waals surface area contributed by atoms with Crippen LogP contribution in [0.15, 0.2) is 33.6 Å². The lowest BCUT2D eigenvalue weighted by atomic mass is 10.1. The van der Waals surface area contributed by atoms with Crippen LogP contribution in [0.2, 0.25) is 0 Å². The van der Waals surface area contributed by atoms with Gasteiger partial charge in [-0.15, -0.1) is 4.40 Å². The first-order valence-electron chi connectivity index (χ1n) is 6.45. The van der Waals surface area contributed by atoms with Crippen LogP contribution in [0.4, 0.5) is 0 Å². The number of fused-ring (bicyclic) bond motifs is 1. The Kier molecular flexibility index (Phi) is 3.28. The van der Waals surface area contributed by atoms with E-state index in [9.17, 15) is 8.42 Å². The average Bonchev–Trinajstić information content (AvgIpc) is 2.98. The standard InChI is InChI=1S/C13H16N2O3S/c16-19(17)12-4-2-1-3-11(12)13(15-19)18-8-6-10-5-7-14-9-10/h1-4,10,14H,5-9H2. The van der Waals surface area contributed by atoms with Crippen molar-refractivity contribution in [3.05, 3.63) is 29.8 Å². The molecule has 2 aliphatic rings. The third kappa shape index (κ3) is 2.50. The van der Waals surface area contributed by atoms with Crippen LogP contribution in [0.1, 0.15) is 18.4 Å². The van der Waals surface area contributed by atoms with Gasteiger partial charge in [0.2, 0.25) is 5.90 Å². The van der Waals surface area contributed by atoms with Crippen LogP contribution in [0.25, 0.3) is 0 Å². The van der Waals surface area contributed by atoms with E-state index in [-0.39, 0.29) is 10.8 Å². The number of sulfonamides is 1. The third-order valence-corrected chi connectivity index (χ3v) is 4.84. The maximum Gasteiger partial charge on any atom is 0.286 e. The van der Waals surface area contributed by atoms with E-state index in [0.29, 0.717) is 18.1 Å². The van der Waals surface area contributed by atoms with Gasteiger partial charge in [0.05, 0.1) is 12.2 Å². The van der Waals surface area contributed by atoms with E-state index >= 15 is 0 Å². The van der Waals surface area contributed by atoms with Crippen molar-refractivity contribution in [1.82, 2.24) is 5.32 Å². The lowest BCUT2D eigenvalue weighted by Gasteiger charge is -2.09. The van der Waals surface area contributed by atoms with E-state index in [1.54, 1.807) is 24.3 Å². The summed E-state index contributed by atoms with van der Waals surface area (Å²) in [6.07, 6.45) is 2.08. The normalized spacial score (nSPS) is 24.0. The molecule has 3 rings (SSSR count). The van der Waals surface area contributed by atoms with E-state index in [4.69, 9.17) is 4.74 Å². The topological polar surface area (TPSA) is 67.8 Å². The number of nitrogens with one attached hydrogen (secondary N) is 1. The van der Waals surface area contributed by atoms with Crippen molar-refractivity contribution in [3.63, 3.8) is 0 Å². The Morgan fingerprint density at radius 1 is 1.37 bits per heavy atom. The molecule has 0 amide bonds. The van der Waals surface area contributed by atoms with Gasteiger partial charge in [-0.2, -0.15) is 8.42 Å². The van der Waals surface area contributed by atoms with Gasteiger partial charge in [-0.05, 0) is 44.0 Å². The smallest absolute Gasteiger partial charge is 0.286 e. The second kappa shape index (κ2) is 4.94. The van der Waals surface area contributed by atoms with Crippen molar-refractivity contribution in [2.45, 2.75) is 17.7 Å². The van der Waals surface area contributed by atoms with E-state index in [1.807, 2.05) is 0 Å². The number of rotatable bonds is 3. The first-order valence-corrected chi connectivity index (χ1v) is 7.89. The Morgan fingerprint density at radius 3 is 3.00 bits per heavy atom. The first kappa shape index (κ1) is 12.6. The zero-order valence-electron chi connectivity index (χ0n) is 10.5. The largest absolute Gasteiger partial charge is 0.477 e. The summed E-state index contributed by atoms with van der Waals surface area (Å²) in [5.74, 6) is 0.857. The summed E-state index contributed by atoms with van der Waals surface area (Å²) >= 11 is 0. The highest BCUT2D eigenvalue weighted by Gasteiger charge is 2.29. The van der Waals surface area contributed by atoms with Gasteiger partial charge >= 0.3 is 0 Å². The molecule has 0 bridgehead atoms. The molecule has 2 heterocycles. The van der Waals surface area contributed by atoms with Crippen LogP contribution >= 0.6 is 0 Å². The van der Waals surface area contributed by atoms with Crippen molar-refractivity contribution in [1.29, 1.82) is 0 Å². The molecule has 1 aromatic rings. The van der Waals surface area contributed by atoms with E-state index in [2.05, 4.69) is 9.71 Å². The number of nitrogens with zero attached hydrogens (tertiary/aromatic N) is 1. The van der Waals surface area contributed by atoms with Gasteiger partial charge in [-0.25, -0.2) is 0 Å². The van der Waals surface area contributed by atoms with Gasteiger partial charge in [-0.3, -0.25) is 0 Å². The van der Waals surface area contributed by atoms with Gasteiger partial charge in [-0.1, -0.05) is 12.1 Å². The molecule has 1 aromatic carbocycles. The molecular weight excluding hydrogens is 264 g/mol. The molecule has 0 aliphatic carbocycles. The third-order valence-electron chi connectivity index (χ3n) is 3.53. The van der Waals surface area contributed by atoms with Crippen LogP contribution < -0.4 is 5.32 Å². The molecule has 2 aliphatic heterocycles. The molecule has 1 N–H and O–H groups in total. The minimum atomic E-state index is -3.55. The Hall–Kier alpha value is -1.40. The summed E-state index contributed by atoms with van der Waals surface area (Å²) in [7, 11) is -3.55. The summed E-state index contributed by atoms with van der Waals surface area (Å²) in [5.41, 5.74) is 0.576. The molecular formula is C13H16N2O3S. The average molecular weight is 280 g/mol. The Balaban J connectivity index is 1.68.